The monoisotopic (exact) mass is 372 g/mol. The Bertz CT molecular complexity index is 841. The summed E-state index contributed by atoms with van der Waals surface area (Å²) in [7, 11) is 0. The summed E-state index contributed by atoms with van der Waals surface area (Å²) in [4.78, 5) is 5.00. The van der Waals surface area contributed by atoms with E-state index in [0.717, 1.165) is 29.1 Å². The van der Waals surface area contributed by atoms with Gasteiger partial charge in [0.25, 0.3) is 0 Å². The predicted molar refractivity (Wildman–Crippen MR) is 107 cm³/mol. The van der Waals surface area contributed by atoms with Gasteiger partial charge in [0.1, 0.15) is 5.82 Å². The van der Waals surface area contributed by atoms with E-state index in [4.69, 9.17) is 16.6 Å². The molecule has 0 radical (unpaired) electrons. The molecular formula is C22H26ClFN2. The zero-order valence-corrected chi connectivity index (χ0v) is 16.6. The van der Waals surface area contributed by atoms with Crippen LogP contribution in [0.1, 0.15) is 48.1 Å². The fourth-order valence-electron chi connectivity index (χ4n) is 3.38. The minimum atomic E-state index is -0.282. The van der Waals surface area contributed by atoms with Crippen LogP contribution in [0.25, 0.3) is 11.3 Å². The van der Waals surface area contributed by atoms with Crippen LogP contribution in [0.2, 0.25) is 5.02 Å². The standard InChI is InChI=1S/C22H26ClFN2/c1-5-10-25-12-18(16-6-7-16)20-11-13(2)14(3)22(26-20)17-8-9-19(24)15(4)21(17)23/h5,8-11,16,18,25H,6-7,12H2,1-4H3. The Labute approximate surface area is 160 Å². The van der Waals surface area contributed by atoms with E-state index in [-0.39, 0.29) is 5.82 Å². The second-order valence-electron chi connectivity index (χ2n) is 7.22. The summed E-state index contributed by atoms with van der Waals surface area (Å²) in [5.74, 6) is 0.779. The molecule has 1 aliphatic rings. The van der Waals surface area contributed by atoms with Gasteiger partial charge in [-0.3, -0.25) is 4.98 Å². The highest BCUT2D eigenvalue weighted by molar-refractivity contribution is 6.34. The van der Waals surface area contributed by atoms with Gasteiger partial charge in [0, 0.05) is 29.3 Å². The van der Waals surface area contributed by atoms with Crippen molar-refractivity contribution in [3.63, 3.8) is 0 Å². The van der Waals surface area contributed by atoms with Gasteiger partial charge >= 0.3 is 0 Å². The number of benzene rings is 1. The first-order valence-corrected chi connectivity index (χ1v) is 9.59. The third-order valence-corrected chi connectivity index (χ3v) is 5.81. The van der Waals surface area contributed by atoms with Crippen molar-refractivity contribution in [1.29, 1.82) is 0 Å². The van der Waals surface area contributed by atoms with Crippen LogP contribution in [0.5, 0.6) is 0 Å². The van der Waals surface area contributed by atoms with Gasteiger partial charge in [0.05, 0.1) is 10.7 Å². The molecule has 0 amide bonds. The lowest BCUT2D eigenvalue weighted by atomic mass is 9.94. The van der Waals surface area contributed by atoms with Gasteiger partial charge < -0.3 is 5.32 Å². The minimum absolute atomic E-state index is 0.282. The lowest BCUT2D eigenvalue weighted by Crippen LogP contribution is -2.19. The maximum absolute atomic E-state index is 13.8. The largest absolute Gasteiger partial charge is 0.390 e. The highest BCUT2D eigenvalue weighted by Crippen LogP contribution is 2.43. The molecule has 26 heavy (non-hydrogen) atoms. The minimum Gasteiger partial charge on any atom is -0.390 e. The smallest absolute Gasteiger partial charge is 0.127 e. The summed E-state index contributed by atoms with van der Waals surface area (Å²) in [6.07, 6.45) is 6.49. The summed E-state index contributed by atoms with van der Waals surface area (Å²) in [5, 5.41) is 3.83. The van der Waals surface area contributed by atoms with E-state index >= 15 is 0 Å². The SMILES string of the molecule is CC=CNCC(c1cc(C)c(C)c(-c2ccc(F)c(C)c2Cl)n1)C1CC1. The molecule has 4 heteroatoms. The highest BCUT2D eigenvalue weighted by atomic mass is 35.5. The fourth-order valence-corrected chi connectivity index (χ4v) is 3.63. The van der Waals surface area contributed by atoms with Crippen molar-refractivity contribution < 1.29 is 4.39 Å². The molecule has 1 atom stereocenters. The molecular weight excluding hydrogens is 347 g/mol. The van der Waals surface area contributed by atoms with Gasteiger partial charge in [0.15, 0.2) is 0 Å². The Morgan fingerprint density at radius 1 is 1.27 bits per heavy atom. The summed E-state index contributed by atoms with van der Waals surface area (Å²) < 4.78 is 13.8. The summed E-state index contributed by atoms with van der Waals surface area (Å²) in [5.41, 5.74) is 5.54. The predicted octanol–water partition coefficient (Wildman–Crippen LogP) is 6.08. The van der Waals surface area contributed by atoms with Gasteiger partial charge in [0.2, 0.25) is 0 Å². The third kappa shape index (κ3) is 3.78. The average Bonchev–Trinajstić information content (AvgIpc) is 3.45. The normalized spacial score (nSPS) is 15.5. The molecule has 1 N–H and O–H groups in total. The zero-order valence-electron chi connectivity index (χ0n) is 15.9. The van der Waals surface area contributed by atoms with E-state index in [1.807, 2.05) is 19.2 Å². The molecule has 1 aromatic heterocycles. The third-order valence-electron chi connectivity index (χ3n) is 5.32. The number of rotatable bonds is 6. The maximum Gasteiger partial charge on any atom is 0.127 e. The summed E-state index contributed by atoms with van der Waals surface area (Å²) in [6.45, 7) is 8.75. The van der Waals surface area contributed by atoms with E-state index in [2.05, 4.69) is 25.2 Å². The van der Waals surface area contributed by atoms with E-state index in [1.165, 1.54) is 24.5 Å². The average molecular weight is 373 g/mol. The van der Waals surface area contributed by atoms with Crippen LogP contribution in [-0.4, -0.2) is 11.5 Å². The van der Waals surface area contributed by atoms with Crippen molar-refractivity contribution in [2.75, 3.05) is 6.54 Å². The maximum atomic E-state index is 13.8. The number of hydrogen-bond donors (Lipinski definition) is 1. The first-order valence-electron chi connectivity index (χ1n) is 9.21. The molecule has 1 heterocycles. The molecule has 2 nitrogen and oxygen atoms in total. The molecule has 138 valence electrons. The number of nitrogens with zero attached hydrogens (tertiary/aromatic N) is 1. The van der Waals surface area contributed by atoms with Crippen LogP contribution >= 0.6 is 11.6 Å². The Morgan fingerprint density at radius 2 is 2.00 bits per heavy atom. The number of hydrogen-bond acceptors (Lipinski definition) is 2. The molecule has 0 saturated heterocycles. The molecule has 3 rings (SSSR count). The van der Waals surface area contributed by atoms with Crippen LogP contribution in [0.15, 0.2) is 30.5 Å². The van der Waals surface area contributed by atoms with E-state index in [0.29, 0.717) is 22.4 Å². The number of allylic oxidation sites excluding steroid dienone is 1. The Hall–Kier alpha value is -1.87. The number of aryl methyl sites for hydroxylation is 1. The topological polar surface area (TPSA) is 24.9 Å². The van der Waals surface area contributed by atoms with Gasteiger partial charge in [-0.05, 0) is 82.0 Å². The van der Waals surface area contributed by atoms with Gasteiger partial charge in [-0.25, -0.2) is 4.39 Å². The van der Waals surface area contributed by atoms with Crippen LogP contribution in [0.4, 0.5) is 4.39 Å². The Kier molecular flexibility index (Phi) is 5.67. The molecule has 2 aromatic rings. The first-order chi connectivity index (χ1) is 12.4. The van der Waals surface area contributed by atoms with Crippen molar-refractivity contribution >= 4 is 11.6 Å². The van der Waals surface area contributed by atoms with Crippen molar-refractivity contribution in [2.45, 2.75) is 46.5 Å². The van der Waals surface area contributed by atoms with Crippen molar-refractivity contribution in [3.05, 3.63) is 63.7 Å². The second kappa shape index (κ2) is 7.79. The lowest BCUT2D eigenvalue weighted by molar-refractivity contribution is 0.564. The van der Waals surface area contributed by atoms with Gasteiger partial charge in [-0.15, -0.1) is 0 Å². The fraction of sp³-hybridized carbons (Fsp3) is 0.409. The first kappa shape index (κ1) is 18.9. The van der Waals surface area contributed by atoms with Gasteiger partial charge in [-0.1, -0.05) is 17.7 Å². The molecule has 1 unspecified atom stereocenters. The molecule has 1 fully saturated rings. The molecule has 0 bridgehead atoms. The van der Waals surface area contributed by atoms with Crippen LogP contribution < -0.4 is 5.32 Å². The quantitative estimate of drug-likeness (QED) is 0.664. The van der Waals surface area contributed by atoms with Crippen molar-refractivity contribution in [3.8, 4) is 11.3 Å². The highest BCUT2D eigenvalue weighted by Gasteiger charge is 2.33. The van der Waals surface area contributed by atoms with Gasteiger partial charge in [-0.2, -0.15) is 0 Å². The molecule has 0 spiro atoms. The van der Waals surface area contributed by atoms with Crippen molar-refractivity contribution in [2.24, 2.45) is 5.92 Å². The van der Waals surface area contributed by atoms with Crippen LogP contribution in [-0.2, 0) is 0 Å². The second-order valence-corrected chi connectivity index (χ2v) is 7.60. The number of pyridine rings is 1. The zero-order chi connectivity index (χ0) is 18.8. The van der Waals surface area contributed by atoms with E-state index in [9.17, 15) is 4.39 Å². The number of aromatic nitrogens is 1. The van der Waals surface area contributed by atoms with Crippen molar-refractivity contribution in [1.82, 2.24) is 10.3 Å². The molecule has 1 aliphatic carbocycles. The summed E-state index contributed by atoms with van der Waals surface area (Å²) >= 11 is 6.47. The lowest BCUT2D eigenvalue weighted by Gasteiger charge is -2.20. The number of halogens is 2. The Morgan fingerprint density at radius 3 is 2.65 bits per heavy atom. The summed E-state index contributed by atoms with van der Waals surface area (Å²) in [6, 6.07) is 5.42. The Balaban J connectivity index is 2.06. The van der Waals surface area contributed by atoms with Crippen LogP contribution in [0.3, 0.4) is 0 Å². The van der Waals surface area contributed by atoms with E-state index < -0.39 is 0 Å². The molecule has 0 aliphatic heterocycles. The van der Waals surface area contributed by atoms with Crippen LogP contribution in [0, 0.1) is 32.5 Å². The molecule has 1 saturated carbocycles. The molecule has 1 aromatic carbocycles. The van der Waals surface area contributed by atoms with E-state index in [1.54, 1.807) is 13.0 Å². The number of nitrogens with one attached hydrogen (secondary N) is 1.